The van der Waals surface area contributed by atoms with Gasteiger partial charge in [0.1, 0.15) is 5.75 Å². The SMILES string of the molecule is COc1cc(NC(N)=O)ccc1Nc1c2ccc(N)cc2nc2cc(N)ccc12. The van der Waals surface area contributed by atoms with Crippen LogP contribution in [0.25, 0.3) is 21.8 Å². The van der Waals surface area contributed by atoms with Crippen LogP contribution in [0, 0.1) is 0 Å². The Bertz CT molecular complexity index is 1200. The first kappa shape index (κ1) is 18.2. The minimum absolute atomic E-state index is 0.532. The predicted octanol–water partition coefficient (Wildman–Crippen LogP) is 3.80. The summed E-state index contributed by atoms with van der Waals surface area (Å²) in [4.78, 5) is 15.8. The number of urea groups is 1. The molecule has 8 heteroatoms. The smallest absolute Gasteiger partial charge is 0.316 e. The van der Waals surface area contributed by atoms with Gasteiger partial charge >= 0.3 is 6.03 Å². The number of aromatic nitrogens is 1. The maximum atomic E-state index is 11.1. The average Bonchev–Trinajstić information content (AvgIpc) is 2.67. The lowest BCUT2D eigenvalue weighted by Gasteiger charge is -2.17. The molecule has 0 aliphatic carbocycles. The van der Waals surface area contributed by atoms with Gasteiger partial charge in [-0.1, -0.05) is 0 Å². The van der Waals surface area contributed by atoms with Crippen molar-refractivity contribution >= 4 is 56.3 Å². The largest absolute Gasteiger partial charge is 0.494 e. The molecule has 2 amide bonds. The number of pyridine rings is 1. The highest BCUT2D eigenvalue weighted by Gasteiger charge is 2.13. The summed E-state index contributed by atoms with van der Waals surface area (Å²) in [6.07, 6.45) is 0. The lowest BCUT2D eigenvalue weighted by molar-refractivity contribution is 0.259. The molecule has 3 aromatic carbocycles. The van der Waals surface area contributed by atoms with Gasteiger partial charge in [0.05, 0.1) is 29.5 Å². The maximum Gasteiger partial charge on any atom is 0.316 e. The normalized spacial score (nSPS) is 10.8. The average molecular weight is 388 g/mol. The first-order valence-corrected chi connectivity index (χ1v) is 8.84. The van der Waals surface area contributed by atoms with E-state index in [4.69, 9.17) is 26.9 Å². The van der Waals surface area contributed by atoms with Crippen molar-refractivity contribution in [2.45, 2.75) is 0 Å². The summed E-state index contributed by atoms with van der Waals surface area (Å²) >= 11 is 0. The van der Waals surface area contributed by atoms with Crippen molar-refractivity contribution in [3.05, 3.63) is 54.6 Å². The minimum Gasteiger partial charge on any atom is -0.494 e. The fraction of sp³-hybridized carbons (Fsp3) is 0.0476. The monoisotopic (exact) mass is 388 g/mol. The number of hydrogen-bond acceptors (Lipinski definition) is 6. The molecule has 4 aromatic rings. The van der Waals surface area contributed by atoms with E-state index >= 15 is 0 Å². The van der Waals surface area contributed by atoms with Crippen molar-refractivity contribution in [1.29, 1.82) is 0 Å². The molecule has 1 aromatic heterocycles. The van der Waals surface area contributed by atoms with Crippen molar-refractivity contribution < 1.29 is 9.53 Å². The molecular weight excluding hydrogens is 368 g/mol. The number of methoxy groups -OCH3 is 1. The number of benzene rings is 3. The molecule has 0 fully saturated rings. The zero-order chi connectivity index (χ0) is 20.5. The highest BCUT2D eigenvalue weighted by molar-refractivity contribution is 6.10. The molecule has 29 heavy (non-hydrogen) atoms. The molecule has 8 nitrogen and oxygen atoms in total. The van der Waals surface area contributed by atoms with Gasteiger partial charge in [-0.25, -0.2) is 9.78 Å². The van der Waals surface area contributed by atoms with E-state index in [0.717, 1.165) is 27.5 Å². The highest BCUT2D eigenvalue weighted by Crippen LogP contribution is 2.37. The van der Waals surface area contributed by atoms with E-state index in [1.54, 1.807) is 25.3 Å². The lowest BCUT2D eigenvalue weighted by Crippen LogP contribution is -2.19. The van der Waals surface area contributed by atoms with Crippen LogP contribution in [-0.2, 0) is 0 Å². The first-order valence-electron chi connectivity index (χ1n) is 8.84. The van der Waals surface area contributed by atoms with Gasteiger partial charge in [0.25, 0.3) is 0 Å². The van der Waals surface area contributed by atoms with Crippen LogP contribution in [0.2, 0.25) is 0 Å². The number of hydrogen-bond donors (Lipinski definition) is 5. The fourth-order valence-corrected chi connectivity index (χ4v) is 3.26. The number of nitrogens with zero attached hydrogens (tertiary/aromatic N) is 1. The van der Waals surface area contributed by atoms with Gasteiger partial charge in [-0.05, 0) is 48.5 Å². The number of fused-ring (bicyclic) bond motifs is 2. The molecular formula is C21H20N6O2. The van der Waals surface area contributed by atoms with Crippen LogP contribution in [0.4, 0.5) is 33.2 Å². The number of nitrogens with one attached hydrogen (secondary N) is 2. The van der Waals surface area contributed by atoms with Gasteiger partial charge in [-0.2, -0.15) is 0 Å². The molecule has 0 atom stereocenters. The molecule has 146 valence electrons. The summed E-state index contributed by atoms with van der Waals surface area (Å²) < 4.78 is 5.49. The van der Waals surface area contributed by atoms with Crippen LogP contribution in [0.5, 0.6) is 5.75 Å². The van der Waals surface area contributed by atoms with E-state index in [-0.39, 0.29) is 0 Å². The van der Waals surface area contributed by atoms with E-state index in [2.05, 4.69) is 10.6 Å². The molecule has 8 N–H and O–H groups in total. The van der Waals surface area contributed by atoms with Gasteiger partial charge in [0, 0.05) is 33.9 Å². The van der Waals surface area contributed by atoms with E-state index in [1.807, 2.05) is 36.4 Å². The molecule has 0 unspecified atom stereocenters. The van der Waals surface area contributed by atoms with E-state index in [9.17, 15) is 4.79 Å². The van der Waals surface area contributed by atoms with Gasteiger partial charge in [-0.15, -0.1) is 0 Å². The van der Waals surface area contributed by atoms with Crippen molar-refractivity contribution in [2.24, 2.45) is 5.73 Å². The topological polar surface area (TPSA) is 141 Å². The number of anilines is 5. The summed E-state index contributed by atoms with van der Waals surface area (Å²) in [5.41, 5.74) is 21.9. The quantitative estimate of drug-likeness (QED) is 0.266. The molecule has 0 saturated heterocycles. The van der Waals surface area contributed by atoms with Gasteiger partial charge in [0.15, 0.2) is 0 Å². The molecule has 4 rings (SSSR count). The Kier molecular flexibility index (Phi) is 4.44. The number of rotatable bonds is 4. The third-order valence-corrected chi connectivity index (χ3v) is 4.55. The molecule has 0 aliphatic rings. The third kappa shape index (κ3) is 3.51. The van der Waals surface area contributed by atoms with Crippen molar-refractivity contribution in [2.75, 3.05) is 29.2 Å². The van der Waals surface area contributed by atoms with Crippen molar-refractivity contribution in [3.63, 3.8) is 0 Å². The number of nitrogen functional groups attached to an aromatic ring is 2. The van der Waals surface area contributed by atoms with Crippen LogP contribution in [0.1, 0.15) is 0 Å². The number of nitrogens with two attached hydrogens (primary N) is 3. The molecule has 1 heterocycles. The molecule has 0 spiro atoms. The van der Waals surface area contributed by atoms with Crippen molar-refractivity contribution in [1.82, 2.24) is 4.98 Å². The lowest BCUT2D eigenvalue weighted by atomic mass is 10.1. The van der Waals surface area contributed by atoms with Gasteiger partial charge < -0.3 is 32.6 Å². The second-order valence-electron chi connectivity index (χ2n) is 6.57. The number of ether oxygens (including phenoxy) is 1. The van der Waals surface area contributed by atoms with Crippen molar-refractivity contribution in [3.8, 4) is 5.75 Å². The summed E-state index contributed by atoms with van der Waals surface area (Å²) in [6, 6.07) is 15.7. The molecule has 0 radical (unpaired) electrons. The minimum atomic E-state index is -0.644. The summed E-state index contributed by atoms with van der Waals surface area (Å²) in [5, 5.41) is 7.78. The molecule has 0 aliphatic heterocycles. The van der Waals surface area contributed by atoms with Crippen LogP contribution in [-0.4, -0.2) is 18.1 Å². The predicted molar refractivity (Wildman–Crippen MR) is 118 cm³/mol. The van der Waals surface area contributed by atoms with E-state index < -0.39 is 6.03 Å². The number of carbonyl (C=O) groups excluding carboxylic acids is 1. The second-order valence-corrected chi connectivity index (χ2v) is 6.57. The zero-order valence-electron chi connectivity index (χ0n) is 15.7. The Morgan fingerprint density at radius 2 is 1.55 bits per heavy atom. The molecule has 0 bridgehead atoms. The van der Waals surface area contributed by atoms with Gasteiger partial charge in [0.2, 0.25) is 0 Å². The Hall–Kier alpha value is -4.20. The van der Waals surface area contributed by atoms with E-state index in [1.165, 1.54) is 0 Å². The third-order valence-electron chi connectivity index (χ3n) is 4.55. The number of primary amides is 1. The Morgan fingerprint density at radius 1 is 0.931 bits per heavy atom. The zero-order valence-corrected chi connectivity index (χ0v) is 15.7. The van der Waals surface area contributed by atoms with Crippen LogP contribution < -0.4 is 32.6 Å². The highest BCUT2D eigenvalue weighted by atomic mass is 16.5. The van der Waals surface area contributed by atoms with Crippen LogP contribution >= 0.6 is 0 Å². The second kappa shape index (κ2) is 7.08. The Morgan fingerprint density at radius 3 is 2.10 bits per heavy atom. The molecule has 0 saturated carbocycles. The van der Waals surface area contributed by atoms with E-state index in [0.29, 0.717) is 28.5 Å². The summed E-state index contributed by atoms with van der Waals surface area (Å²) in [7, 11) is 1.55. The first-order chi connectivity index (χ1) is 13.9. The summed E-state index contributed by atoms with van der Waals surface area (Å²) in [5.74, 6) is 0.542. The Labute approximate surface area is 166 Å². The van der Waals surface area contributed by atoms with Gasteiger partial charge in [-0.3, -0.25) is 0 Å². The number of carbonyl (C=O) groups is 1. The fourth-order valence-electron chi connectivity index (χ4n) is 3.26. The Balaban J connectivity index is 1.89. The standard InChI is InChI=1S/C21H20N6O2/c1-29-19-10-13(25-21(24)28)4-7-16(19)27-20-14-5-2-11(22)8-17(14)26-18-9-12(23)3-6-15(18)20/h2-10H,22-23H2,1H3,(H,26,27)(H3,24,25,28). The van der Waals surface area contributed by atoms with Crippen LogP contribution in [0.15, 0.2) is 54.6 Å². The number of amides is 2. The van der Waals surface area contributed by atoms with Crippen LogP contribution in [0.3, 0.4) is 0 Å². The maximum absolute atomic E-state index is 11.1. The summed E-state index contributed by atoms with van der Waals surface area (Å²) in [6.45, 7) is 0.